The number of esters is 1. The van der Waals surface area contributed by atoms with Crippen LogP contribution in [0.4, 0.5) is 39.5 Å². The molecule has 0 bridgehead atoms. The van der Waals surface area contributed by atoms with Crippen molar-refractivity contribution in [2.24, 2.45) is 11.5 Å². The van der Waals surface area contributed by atoms with E-state index < -0.39 is 90.9 Å². The third kappa shape index (κ3) is 16.1. The average Bonchev–Trinajstić information content (AvgIpc) is 3.55. The molecule has 12 N–H and O–H groups in total. The van der Waals surface area contributed by atoms with Crippen LogP contribution in [-0.4, -0.2) is 133 Å². The van der Waals surface area contributed by atoms with Gasteiger partial charge in [0.25, 0.3) is 0 Å². The summed E-state index contributed by atoms with van der Waals surface area (Å²) in [6.45, 7) is -0.149. The van der Waals surface area contributed by atoms with Crippen LogP contribution in [0.5, 0.6) is 0 Å². The molecule has 0 spiro atoms. The van der Waals surface area contributed by atoms with Gasteiger partial charge >= 0.3 is 42.4 Å². The third-order valence-electron chi connectivity index (χ3n) is 7.29. The van der Waals surface area contributed by atoms with Crippen molar-refractivity contribution in [2.45, 2.75) is 74.2 Å². The van der Waals surface area contributed by atoms with Crippen LogP contribution >= 0.6 is 0 Å². The molecule has 0 aliphatic carbocycles. The largest absolute Gasteiger partial charge is 0.490 e. The molecule has 324 valence electrons. The Morgan fingerprint density at radius 2 is 1.22 bits per heavy atom. The lowest BCUT2D eigenvalue weighted by Crippen LogP contribution is -2.66. The molecule has 7 atom stereocenters. The lowest BCUT2D eigenvalue weighted by atomic mass is 9.91. The molecule has 1 aliphatic rings. The number of benzene rings is 2. The van der Waals surface area contributed by atoms with Gasteiger partial charge in [-0.05, 0) is 17.2 Å². The molecule has 17 nitrogen and oxygen atoms in total. The smallest absolute Gasteiger partial charge is 0.475 e. The van der Waals surface area contributed by atoms with Crippen LogP contribution in [0.15, 0.2) is 60.8 Å². The van der Waals surface area contributed by atoms with E-state index in [1.54, 1.807) is 6.20 Å². The van der Waals surface area contributed by atoms with E-state index in [1.165, 1.54) is 0 Å². The van der Waals surface area contributed by atoms with Crippen molar-refractivity contribution in [1.82, 2.24) is 10.3 Å². The first-order chi connectivity index (χ1) is 26.6. The maximum Gasteiger partial charge on any atom is 0.490 e. The molecule has 3 aromatic rings. The fourth-order valence-electron chi connectivity index (χ4n) is 4.43. The minimum absolute atomic E-state index is 0.0126. The summed E-state index contributed by atoms with van der Waals surface area (Å²) in [5.41, 5.74) is 14.1. The summed E-state index contributed by atoms with van der Waals surface area (Å²) in [6, 6.07) is 14.1. The quantitative estimate of drug-likeness (QED) is 0.106. The van der Waals surface area contributed by atoms with Crippen LogP contribution in [-0.2, 0) is 46.5 Å². The summed E-state index contributed by atoms with van der Waals surface area (Å²) in [5, 5.41) is 55.5. The van der Waals surface area contributed by atoms with Gasteiger partial charge in [-0.25, -0.2) is 19.2 Å². The maximum absolute atomic E-state index is 13.1. The Morgan fingerprint density at radius 3 is 1.69 bits per heavy atom. The summed E-state index contributed by atoms with van der Waals surface area (Å²) >= 11 is 0. The number of aliphatic hydroxyl groups is 3. The lowest BCUT2D eigenvalue weighted by molar-refractivity contribution is -0.223. The highest BCUT2D eigenvalue weighted by Crippen LogP contribution is 2.24. The van der Waals surface area contributed by atoms with Gasteiger partial charge in [0.05, 0.1) is 6.10 Å². The number of carboxylic acid groups (broad SMARTS) is 3. The first kappa shape index (κ1) is 50.5. The van der Waals surface area contributed by atoms with E-state index >= 15 is 0 Å². The number of amides is 1. The van der Waals surface area contributed by atoms with Gasteiger partial charge in [-0.2, -0.15) is 39.5 Å². The van der Waals surface area contributed by atoms with E-state index in [0.717, 1.165) is 22.0 Å². The zero-order valence-corrected chi connectivity index (χ0v) is 29.0. The Kier molecular flexibility index (Phi) is 19.0. The molecule has 1 amide bonds. The van der Waals surface area contributed by atoms with Crippen LogP contribution in [0.25, 0.3) is 10.9 Å². The molecule has 2 heterocycles. The second-order valence-electron chi connectivity index (χ2n) is 11.5. The number of para-hydroxylation sites is 1. The molecule has 0 saturated carbocycles. The van der Waals surface area contributed by atoms with Gasteiger partial charge in [-0.15, -0.1) is 0 Å². The monoisotopic (exact) mass is 854 g/mol. The highest BCUT2D eigenvalue weighted by Gasteiger charge is 2.47. The Labute approximate surface area is 318 Å². The standard InChI is InChI=1S/C26H32N4O7.3C2HF3O2/c27-11-19-21(31)22(32)23(33)24(37-19)20(28)25(34)30-18(26(35)36-13-14-6-2-1-3-7-14)10-15-12-29-17-9-5-4-8-16(15)17;3*3-2(4,5)1(6)7/h1-9,12,18-24,29,31-33H,10-11,13,27-28H2,(H,30,34);3*(H,6,7)/t18-,19+,20+,21+,22-,23+,24-;;;/m0.../s1. The number of carboxylic acids is 3. The van der Waals surface area contributed by atoms with E-state index in [9.17, 15) is 64.4 Å². The molecule has 2 aromatic carbocycles. The van der Waals surface area contributed by atoms with Crippen molar-refractivity contribution in [3.8, 4) is 0 Å². The van der Waals surface area contributed by atoms with Gasteiger partial charge in [-0.3, -0.25) is 4.79 Å². The highest BCUT2D eigenvalue weighted by molar-refractivity contribution is 5.89. The number of aromatic amines is 1. The second kappa shape index (κ2) is 21.8. The molecule has 4 rings (SSSR count). The topological polar surface area (TPSA) is 305 Å². The minimum Gasteiger partial charge on any atom is -0.475 e. The summed E-state index contributed by atoms with van der Waals surface area (Å²) < 4.78 is 106. The number of aromatic nitrogens is 1. The van der Waals surface area contributed by atoms with E-state index in [2.05, 4.69) is 10.3 Å². The van der Waals surface area contributed by atoms with E-state index in [1.807, 2.05) is 54.6 Å². The zero-order chi connectivity index (χ0) is 44.8. The predicted octanol–water partition coefficient (Wildman–Crippen LogP) is 0.975. The first-order valence-corrected chi connectivity index (χ1v) is 15.7. The van der Waals surface area contributed by atoms with Crippen molar-refractivity contribution < 1.29 is 104 Å². The molecule has 1 saturated heterocycles. The van der Waals surface area contributed by atoms with E-state index in [0.29, 0.717) is 0 Å². The van der Waals surface area contributed by atoms with Crippen LogP contribution in [0.1, 0.15) is 11.1 Å². The van der Waals surface area contributed by atoms with Gasteiger partial charge in [0.15, 0.2) is 0 Å². The Morgan fingerprint density at radius 1 is 0.759 bits per heavy atom. The molecule has 0 unspecified atom stereocenters. The number of nitrogens with two attached hydrogens (primary N) is 2. The lowest BCUT2D eigenvalue weighted by Gasteiger charge is -2.42. The number of aliphatic carboxylic acids is 3. The summed E-state index contributed by atoms with van der Waals surface area (Å²) in [6.07, 6.45) is -20.5. The average molecular weight is 855 g/mol. The van der Waals surface area contributed by atoms with E-state index in [-0.39, 0.29) is 19.6 Å². The number of carbonyl (C=O) groups excluding carboxylic acids is 2. The number of ether oxygens (including phenoxy) is 2. The third-order valence-corrected chi connectivity index (χ3v) is 7.29. The summed E-state index contributed by atoms with van der Waals surface area (Å²) in [4.78, 5) is 56.1. The SMILES string of the molecule is NC[C@H]1O[C@@H]([C@@H](N)C(=O)N[C@@H](Cc2c[nH]c3ccccc23)C(=O)OCc2ccccc2)[C@H](O)[C@@H](O)[C@@H]1O.O=C(O)C(F)(F)F.O=C(O)C(F)(F)F.O=C(O)C(F)(F)F. The normalized spacial score (nSPS) is 20.3. The number of H-pyrrole nitrogens is 1. The molecular weight excluding hydrogens is 819 g/mol. The number of aliphatic hydroxyl groups excluding tert-OH is 3. The number of fused-ring (bicyclic) bond motifs is 1. The van der Waals surface area contributed by atoms with Gasteiger partial charge in [0.2, 0.25) is 5.91 Å². The summed E-state index contributed by atoms with van der Waals surface area (Å²) in [5.74, 6) is -9.74. The maximum atomic E-state index is 13.1. The van der Waals surface area contributed by atoms with Crippen molar-refractivity contribution in [3.05, 3.63) is 71.9 Å². The Bertz CT molecular complexity index is 1750. The second-order valence-corrected chi connectivity index (χ2v) is 11.5. The number of nitrogens with one attached hydrogen (secondary N) is 2. The molecule has 58 heavy (non-hydrogen) atoms. The van der Waals surface area contributed by atoms with Crippen molar-refractivity contribution in [1.29, 1.82) is 0 Å². The molecule has 0 radical (unpaired) electrons. The number of rotatable bonds is 9. The molecule has 1 fully saturated rings. The van der Waals surface area contributed by atoms with Crippen LogP contribution < -0.4 is 16.8 Å². The van der Waals surface area contributed by atoms with Crippen LogP contribution in [0, 0.1) is 0 Å². The van der Waals surface area contributed by atoms with Crippen molar-refractivity contribution in [2.75, 3.05) is 6.54 Å². The van der Waals surface area contributed by atoms with Crippen LogP contribution in [0.3, 0.4) is 0 Å². The highest BCUT2D eigenvalue weighted by atomic mass is 19.4. The molecule has 26 heteroatoms. The molecule has 1 aliphatic heterocycles. The predicted molar refractivity (Wildman–Crippen MR) is 175 cm³/mol. The number of halogens is 9. The number of carbonyl (C=O) groups is 5. The number of hydrogen-bond acceptors (Lipinski definition) is 12. The Balaban J connectivity index is 0.000000655. The fraction of sp³-hybridized carbons (Fsp3) is 0.406. The summed E-state index contributed by atoms with van der Waals surface area (Å²) in [7, 11) is 0. The Hall–Kier alpha value is -5.54. The molecule has 1 aromatic heterocycles. The number of alkyl halides is 9. The first-order valence-electron chi connectivity index (χ1n) is 15.7. The van der Waals surface area contributed by atoms with Gasteiger partial charge < -0.3 is 61.9 Å². The van der Waals surface area contributed by atoms with Crippen molar-refractivity contribution >= 4 is 40.7 Å². The van der Waals surface area contributed by atoms with Gasteiger partial charge in [-0.1, -0.05) is 48.5 Å². The van der Waals surface area contributed by atoms with Gasteiger partial charge in [0, 0.05) is 30.1 Å². The van der Waals surface area contributed by atoms with Gasteiger partial charge in [0.1, 0.15) is 43.1 Å². The zero-order valence-electron chi connectivity index (χ0n) is 29.0. The van der Waals surface area contributed by atoms with Crippen molar-refractivity contribution in [3.63, 3.8) is 0 Å². The minimum atomic E-state index is -5.08. The fourth-order valence-corrected chi connectivity index (χ4v) is 4.43. The van der Waals surface area contributed by atoms with E-state index in [4.69, 9.17) is 50.6 Å². The van der Waals surface area contributed by atoms with Crippen LogP contribution in [0.2, 0.25) is 0 Å². The molecular formula is C32H35F9N4O13. The number of hydrogen-bond donors (Lipinski definition) is 10.